The van der Waals surface area contributed by atoms with Crippen LogP contribution in [-0.2, 0) is 9.53 Å². The number of carbonyl (C=O) groups is 1. The third kappa shape index (κ3) is 3.18. The predicted molar refractivity (Wildman–Crippen MR) is 57.6 cm³/mol. The molecular formula is C11H20N2O2. The fraction of sp³-hybridized carbons (Fsp3) is 0.909. The lowest BCUT2D eigenvalue weighted by atomic mass is 9.98. The van der Waals surface area contributed by atoms with E-state index in [0.29, 0.717) is 5.92 Å². The molecule has 0 aromatic carbocycles. The molecule has 2 N–H and O–H groups in total. The summed E-state index contributed by atoms with van der Waals surface area (Å²) in [6.07, 6.45) is 4.08. The first-order valence-corrected chi connectivity index (χ1v) is 5.96. The van der Waals surface area contributed by atoms with Crippen LogP contribution in [0.25, 0.3) is 0 Å². The van der Waals surface area contributed by atoms with Gasteiger partial charge < -0.3 is 15.4 Å². The van der Waals surface area contributed by atoms with Gasteiger partial charge in [-0.15, -0.1) is 0 Å². The minimum atomic E-state index is -0.174. The number of piperidine rings is 1. The van der Waals surface area contributed by atoms with Gasteiger partial charge >= 0.3 is 0 Å². The van der Waals surface area contributed by atoms with Gasteiger partial charge in [0.1, 0.15) is 6.10 Å². The van der Waals surface area contributed by atoms with E-state index in [0.717, 1.165) is 39.1 Å². The Hall–Kier alpha value is -0.610. The van der Waals surface area contributed by atoms with E-state index in [-0.39, 0.29) is 12.0 Å². The normalized spacial score (nSPS) is 27.9. The molecule has 15 heavy (non-hydrogen) atoms. The van der Waals surface area contributed by atoms with Gasteiger partial charge in [-0.05, 0) is 44.7 Å². The first kappa shape index (κ1) is 10.9. The van der Waals surface area contributed by atoms with Crippen molar-refractivity contribution in [2.75, 3.05) is 26.2 Å². The summed E-state index contributed by atoms with van der Waals surface area (Å²) in [5.74, 6) is 0.739. The molecule has 2 aliphatic rings. The summed E-state index contributed by atoms with van der Waals surface area (Å²) < 4.78 is 5.33. The molecule has 2 rings (SSSR count). The van der Waals surface area contributed by atoms with Crippen molar-refractivity contribution in [2.24, 2.45) is 5.92 Å². The first-order chi connectivity index (χ1) is 7.36. The Labute approximate surface area is 90.8 Å². The van der Waals surface area contributed by atoms with Gasteiger partial charge in [0.15, 0.2) is 0 Å². The Balaban J connectivity index is 1.65. The number of amides is 1. The SMILES string of the molecule is O=C(NCC1CCNCC1)[C@@H]1CCCO1. The van der Waals surface area contributed by atoms with Crippen LogP contribution in [0.4, 0.5) is 0 Å². The van der Waals surface area contributed by atoms with Crippen molar-refractivity contribution in [3.8, 4) is 0 Å². The zero-order valence-electron chi connectivity index (χ0n) is 9.13. The smallest absolute Gasteiger partial charge is 0.249 e. The molecule has 0 aliphatic carbocycles. The molecule has 86 valence electrons. The average molecular weight is 212 g/mol. The summed E-state index contributed by atoms with van der Waals surface area (Å²) in [5.41, 5.74) is 0. The van der Waals surface area contributed by atoms with E-state index >= 15 is 0 Å². The lowest BCUT2D eigenvalue weighted by Gasteiger charge is -2.23. The van der Waals surface area contributed by atoms with Crippen LogP contribution in [0.2, 0.25) is 0 Å². The minimum Gasteiger partial charge on any atom is -0.368 e. The number of carbonyl (C=O) groups excluding carboxylic acids is 1. The molecule has 2 aliphatic heterocycles. The van der Waals surface area contributed by atoms with Crippen LogP contribution in [0, 0.1) is 5.92 Å². The van der Waals surface area contributed by atoms with E-state index in [1.54, 1.807) is 0 Å². The Morgan fingerprint density at radius 3 is 2.80 bits per heavy atom. The molecule has 0 unspecified atom stereocenters. The lowest BCUT2D eigenvalue weighted by molar-refractivity contribution is -0.130. The predicted octanol–water partition coefficient (Wildman–Crippen LogP) is 0.281. The molecule has 0 aromatic heterocycles. The highest BCUT2D eigenvalue weighted by atomic mass is 16.5. The molecule has 0 aromatic rings. The molecular weight excluding hydrogens is 192 g/mol. The van der Waals surface area contributed by atoms with Crippen molar-refractivity contribution < 1.29 is 9.53 Å². The standard InChI is InChI=1S/C11H20N2O2/c14-11(10-2-1-7-15-10)13-8-9-3-5-12-6-4-9/h9-10,12H,1-8H2,(H,13,14)/t10-/m0/s1. The van der Waals surface area contributed by atoms with E-state index in [4.69, 9.17) is 4.74 Å². The molecule has 1 amide bonds. The molecule has 2 fully saturated rings. The average Bonchev–Trinajstić information content (AvgIpc) is 2.81. The van der Waals surface area contributed by atoms with Crippen LogP contribution in [-0.4, -0.2) is 38.3 Å². The van der Waals surface area contributed by atoms with Gasteiger partial charge in [-0.1, -0.05) is 0 Å². The van der Waals surface area contributed by atoms with Crippen LogP contribution < -0.4 is 10.6 Å². The van der Waals surface area contributed by atoms with Gasteiger partial charge in [0.25, 0.3) is 0 Å². The second-order valence-electron chi connectivity index (χ2n) is 4.44. The van der Waals surface area contributed by atoms with Crippen molar-refractivity contribution in [3.63, 3.8) is 0 Å². The van der Waals surface area contributed by atoms with Crippen LogP contribution in [0.1, 0.15) is 25.7 Å². The van der Waals surface area contributed by atoms with Crippen LogP contribution in [0.15, 0.2) is 0 Å². The molecule has 0 saturated carbocycles. The summed E-state index contributed by atoms with van der Waals surface area (Å²) in [4.78, 5) is 11.6. The highest BCUT2D eigenvalue weighted by Crippen LogP contribution is 2.13. The second-order valence-corrected chi connectivity index (χ2v) is 4.44. The molecule has 1 atom stereocenters. The molecule has 2 heterocycles. The summed E-state index contributed by atoms with van der Waals surface area (Å²) in [6, 6.07) is 0. The number of hydrogen-bond donors (Lipinski definition) is 2. The van der Waals surface area contributed by atoms with Gasteiger partial charge in [0, 0.05) is 13.2 Å². The zero-order valence-corrected chi connectivity index (χ0v) is 9.13. The third-order valence-electron chi connectivity index (χ3n) is 3.25. The van der Waals surface area contributed by atoms with Crippen LogP contribution in [0.3, 0.4) is 0 Å². The Morgan fingerprint density at radius 1 is 1.33 bits per heavy atom. The van der Waals surface area contributed by atoms with E-state index in [1.807, 2.05) is 0 Å². The van der Waals surface area contributed by atoms with Crippen LogP contribution in [0.5, 0.6) is 0 Å². The van der Waals surface area contributed by atoms with Gasteiger partial charge in [-0.3, -0.25) is 4.79 Å². The maximum absolute atomic E-state index is 11.6. The molecule has 0 radical (unpaired) electrons. The lowest BCUT2D eigenvalue weighted by Crippen LogP contribution is -2.40. The number of nitrogens with one attached hydrogen (secondary N) is 2. The van der Waals surface area contributed by atoms with E-state index in [2.05, 4.69) is 10.6 Å². The summed E-state index contributed by atoms with van der Waals surface area (Å²) >= 11 is 0. The fourth-order valence-electron chi connectivity index (χ4n) is 2.23. The van der Waals surface area contributed by atoms with Gasteiger partial charge in [0.05, 0.1) is 0 Å². The fourth-order valence-corrected chi connectivity index (χ4v) is 2.23. The van der Waals surface area contributed by atoms with Crippen molar-refractivity contribution in [1.29, 1.82) is 0 Å². The number of hydrogen-bond acceptors (Lipinski definition) is 3. The van der Waals surface area contributed by atoms with Crippen molar-refractivity contribution in [3.05, 3.63) is 0 Å². The van der Waals surface area contributed by atoms with Gasteiger partial charge in [0.2, 0.25) is 5.91 Å². The van der Waals surface area contributed by atoms with Crippen molar-refractivity contribution in [2.45, 2.75) is 31.8 Å². The molecule has 4 heteroatoms. The zero-order chi connectivity index (χ0) is 10.5. The highest BCUT2D eigenvalue weighted by molar-refractivity contribution is 5.80. The van der Waals surface area contributed by atoms with Gasteiger partial charge in [-0.2, -0.15) is 0 Å². The maximum Gasteiger partial charge on any atom is 0.249 e. The quantitative estimate of drug-likeness (QED) is 0.706. The van der Waals surface area contributed by atoms with Crippen LogP contribution >= 0.6 is 0 Å². The van der Waals surface area contributed by atoms with Gasteiger partial charge in [-0.25, -0.2) is 0 Å². The topological polar surface area (TPSA) is 50.4 Å². The Kier molecular flexibility index (Phi) is 3.97. The molecule has 4 nitrogen and oxygen atoms in total. The largest absolute Gasteiger partial charge is 0.368 e. The van der Waals surface area contributed by atoms with E-state index in [9.17, 15) is 4.79 Å². The van der Waals surface area contributed by atoms with E-state index < -0.39 is 0 Å². The summed E-state index contributed by atoms with van der Waals surface area (Å²) in [6.45, 7) is 3.73. The summed E-state index contributed by atoms with van der Waals surface area (Å²) in [5, 5.41) is 6.32. The highest BCUT2D eigenvalue weighted by Gasteiger charge is 2.24. The number of ether oxygens (including phenoxy) is 1. The molecule has 0 bridgehead atoms. The maximum atomic E-state index is 11.6. The minimum absolute atomic E-state index is 0.0889. The molecule has 2 saturated heterocycles. The van der Waals surface area contributed by atoms with Crippen molar-refractivity contribution >= 4 is 5.91 Å². The van der Waals surface area contributed by atoms with Crippen molar-refractivity contribution in [1.82, 2.24) is 10.6 Å². The Bertz CT molecular complexity index is 209. The summed E-state index contributed by atoms with van der Waals surface area (Å²) in [7, 11) is 0. The van der Waals surface area contributed by atoms with E-state index in [1.165, 1.54) is 12.8 Å². The third-order valence-corrected chi connectivity index (χ3v) is 3.25. The monoisotopic (exact) mass is 212 g/mol. The Morgan fingerprint density at radius 2 is 2.13 bits per heavy atom. The number of rotatable bonds is 3. The second kappa shape index (κ2) is 5.47. The molecule has 0 spiro atoms. The first-order valence-electron chi connectivity index (χ1n) is 5.96.